The van der Waals surface area contributed by atoms with Crippen LogP contribution in [0.1, 0.15) is 33.1 Å². The lowest BCUT2D eigenvalue weighted by atomic mass is 9.99. The van der Waals surface area contributed by atoms with Gasteiger partial charge in [-0.15, -0.1) is 0 Å². The first-order chi connectivity index (χ1) is 12.2. The highest BCUT2D eigenvalue weighted by Gasteiger charge is 2.37. The summed E-state index contributed by atoms with van der Waals surface area (Å²) in [5.41, 5.74) is 5.79. The first-order valence-corrected chi connectivity index (χ1v) is 9.32. The Bertz CT molecular complexity index is 545. The lowest BCUT2D eigenvalue weighted by molar-refractivity contribution is -0.149. The first-order valence-electron chi connectivity index (χ1n) is 8.69. The number of rotatable bonds is 9. The molecular weight excluding hydrogens is 360 g/mol. The average Bonchev–Trinajstić information content (AvgIpc) is 3.12. The Morgan fingerprint density at radius 3 is 2.54 bits per heavy atom. The van der Waals surface area contributed by atoms with Crippen molar-refractivity contribution in [2.24, 2.45) is 11.7 Å². The van der Waals surface area contributed by atoms with Crippen molar-refractivity contribution in [3.63, 3.8) is 0 Å². The van der Waals surface area contributed by atoms with Crippen molar-refractivity contribution >= 4 is 36.3 Å². The second-order valence-corrected chi connectivity index (χ2v) is 6.82. The molecule has 1 aliphatic rings. The lowest BCUT2D eigenvalue weighted by Crippen LogP contribution is -2.54. The molecule has 0 bridgehead atoms. The Hall–Kier alpha value is -1.81. The predicted octanol–water partition coefficient (Wildman–Crippen LogP) is -1.03. The molecule has 10 heteroatoms. The minimum atomic E-state index is -1.06. The molecule has 0 aromatic heterocycles. The van der Waals surface area contributed by atoms with Crippen LogP contribution in [0, 0.1) is 5.92 Å². The summed E-state index contributed by atoms with van der Waals surface area (Å²) in [6.45, 7) is 3.77. The van der Waals surface area contributed by atoms with E-state index >= 15 is 0 Å². The second kappa shape index (κ2) is 10.4. The van der Waals surface area contributed by atoms with Crippen LogP contribution in [0.5, 0.6) is 0 Å². The van der Waals surface area contributed by atoms with Crippen LogP contribution in [0.4, 0.5) is 0 Å². The molecule has 148 valence electrons. The van der Waals surface area contributed by atoms with Gasteiger partial charge in [0.15, 0.2) is 0 Å². The molecule has 0 aromatic rings. The van der Waals surface area contributed by atoms with E-state index in [-0.39, 0.29) is 18.2 Å². The number of nitrogens with two attached hydrogens (primary N) is 1. The van der Waals surface area contributed by atoms with E-state index in [2.05, 4.69) is 23.3 Å². The van der Waals surface area contributed by atoms with Gasteiger partial charge in [0.2, 0.25) is 17.7 Å². The minimum Gasteiger partial charge on any atom is -0.480 e. The standard InChI is InChI=1S/C16H28N4O5S/c1-3-9(2)13(17)14(22)18-7-12(21)19-10(8-26)15(23)20-6-4-5-11(20)16(24)25/h9-11,13,26H,3-8,17H2,1-2H3,(H,18,22)(H,19,21)(H,24,25). The highest BCUT2D eigenvalue weighted by Crippen LogP contribution is 2.18. The lowest BCUT2D eigenvalue weighted by Gasteiger charge is -2.26. The molecule has 1 heterocycles. The van der Waals surface area contributed by atoms with Gasteiger partial charge in [0.05, 0.1) is 12.6 Å². The minimum absolute atomic E-state index is 0.0204. The second-order valence-electron chi connectivity index (χ2n) is 6.46. The Balaban J connectivity index is 2.56. The zero-order valence-electron chi connectivity index (χ0n) is 15.1. The van der Waals surface area contributed by atoms with Crippen molar-refractivity contribution in [3.05, 3.63) is 0 Å². The smallest absolute Gasteiger partial charge is 0.326 e. The molecule has 1 saturated heterocycles. The number of carboxylic acids is 1. The number of hydrogen-bond acceptors (Lipinski definition) is 6. The Morgan fingerprint density at radius 2 is 2.00 bits per heavy atom. The van der Waals surface area contributed by atoms with Gasteiger partial charge in [0, 0.05) is 12.3 Å². The Morgan fingerprint density at radius 1 is 1.35 bits per heavy atom. The average molecular weight is 388 g/mol. The van der Waals surface area contributed by atoms with Crippen molar-refractivity contribution in [2.75, 3.05) is 18.8 Å². The number of nitrogens with zero attached hydrogens (tertiary/aromatic N) is 1. The molecule has 3 amide bonds. The topological polar surface area (TPSA) is 142 Å². The summed E-state index contributed by atoms with van der Waals surface area (Å²) in [6.07, 6.45) is 1.72. The van der Waals surface area contributed by atoms with E-state index in [0.29, 0.717) is 19.4 Å². The third kappa shape index (κ3) is 5.87. The summed E-state index contributed by atoms with van der Waals surface area (Å²) in [6, 6.07) is -2.54. The zero-order chi connectivity index (χ0) is 19.9. The van der Waals surface area contributed by atoms with E-state index in [9.17, 15) is 24.3 Å². The fourth-order valence-electron chi connectivity index (χ4n) is 2.72. The molecular formula is C16H28N4O5S. The molecule has 4 atom stereocenters. The Labute approximate surface area is 158 Å². The maximum atomic E-state index is 12.5. The summed E-state index contributed by atoms with van der Waals surface area (Å²) in [7, 11) is 0. The molecule has 9 nitrogen and oxygen atoms in total. The Kier molecular flexibility index (Phi) is 8.86. The van der Waals surface area contributed by atoms with Crippen molar-refractivity contribution in [1.29, 1.82) is 0 Å². The van der Waals surface area contributed by atoms with Crippen LogP contribution in [0.2, 0.25) is 0 Å². The van der Waals surface area contributed by atoms with E-state index in [1.807, 2.05) is 13.8 Å². The van der Waals surface area contributed by atoms with E-state index < -0.39 is 41.8 Å². The molecule has 4 unspecified atom stereocenters. The van der Waals surface area contributed by atoms with Crippen LogP contribution in [0.3, 0.4) is 0 Å². The van der Waals surface area contributed by atoms with Gasteiger partial charge in [0.1, 0.15) is 12.1 Å². The number of likely N-dealkylation sites (tertiary alicyclic amines) is 1. The van der Waals surface area contributed by atoms with E-state index in [1.165, 1.54) is 4.90 Å². The summed E-state index contributed by atoms with van der Waals surface area (Å²) < 4.78 is 0. The summed E-state index contributed by atoms with van der Waals surface area (Å²) in [4.78, 5) is 48.9. The highest BCUT2D eigenvalue weighted by molar-refractivity contribution is 7.80. The molecule has 0 spiro atoms. The van der Waals surface area contributed by atoms with Crippen LogP contribution < -0.4 is 16.4 Å². The van der Waals surface area contributed by atoms with Crippen LogP contribution in [-0.2, 0) is 19.2 Å². The van der Waals surface area contributed by atoms with Crippen LogP contribution in [-0.4, -0.2) is 70.7 Å². The van der Waals surface area contributed by atoms with Gasteiger partial charge in [0.25, 0.3) is 0 Å². The fourth-order valence-corrected chi connectivity index (χ4v) is 2.96. The number of carboxylic acid groups (broad SMARTS) is 1. The van der Waals surface area contributed by atoms with E-state index in [0.717, 1.165) is 6.42 Å². The normalized spacial score (nSPS) is 20.2. The summed E-state index contributed by atoms with van der Waals surface area (Å²) in [5.74, 6) is -2.55. The summed E-state index contributed by atoms with van der Waals surface area (Å²) >= 11 is 4.07. The largest absolute Gasteiger partial charge is 0.480 e. The molecule has 1 fully saturated rings. The monoisotopic (exact) mass is 388 g/mol. The number of hydrogen-bond donors (Lipinski definition) is 5. The molecule has 0 aromatic carbocycles. The van der Waals surface area contributed by atoms with Crippen LogP contribution in [0.25, 0.3) is 0 Å². The maximum absolute atomic E-state index is 12.5. The van der Waals surface area contributed by atoms with Gasteiger partial charge in [-0.1, -0.05) is 20.3 Å². The van der Waals surface area contributed by atoms with Crippen LogP contribution >= 0.6 is 12.6 Å². The van der Waals surface area contributed by atoms with Crippen LogP contribution in [0.15, 0.2) is 0 Å². The third-order valence-corrected chi connectivity index (χ3v) is 4.98. The van der Waals surface area contributed by atoms with Gasteiger partial charge in [-0.25, -0.2) is 4.79 Å². The van der Waals surface area contributed by atoms with E-state index in [1.54, 1.807) is 0 Å². The molecule has 26 heavy (non-hydrogen) atoms. The van der Waals surface area contributed by atoms with Crippen molar-refractivity contribution < 1.29 is 24.3 Å². The maximum Gasteiger partial charge on any atom is 0.326 e. The van der Waals surface area contributed by atoms with Crippen molar-refractivity contribution in [3.8, 4) is 0 Å². The van der Waals surface area contributed by atoms with E-state index in [4.69, 9.17) is 5.73 Å². The SMILES string of the molecule is CCC(C)C(N)C(=O)NCC(=O)NC(CS)C(=O)N1CCCC1C(=O)O. The third-order valence-electron chi connectivity index (χ3n) is 4.62. The predicted molar refractivity (Wildman–Crippen MR) is 98.6 cm³/mol. The number of amides is 3. The molecule has 1 aliphatic heterocycles. The number of nitrogens with one attached hydrogen (secondary N) is 2. The van der Waals surface area contributed by atoms with Gasteiger partial charge >= 0.3 is 5.97 Å². The number of thiol groups is 1. The van der Waals surface area contributed by atoms with Gasteiger partial charge in [-0.2, -0.15) is 12.6 Å². The highest BCUT2D eigenvalue weighted by atomic mass is 32.1. The van der Waals surface area contributed by atoms with Gasteiger partial charge in [-0.05, 0) is 18.8 Å². The number of carbonyl (C=O) groups excluding carboxylic acids is 3. The van der Waals surface area contributed by atoms with Gasteiger partial charge < -0.3 is 26.4 Å². The molecule has 1 rings (SSSR count). The molecule has 5 N–H and O–H groups in total. The first kappa shape index (κ1) is 22.2. The fraction of sp³-hybridized carbons (Fsp3) is 0.750. The quantitative estimate of drug-likeness (QED) is 0.320. The molecule has 0 aliphatic carbocycles. The van der Waals surface area contributed by atoms with Crippen molar-refractivity contribution in [2.45, 2.75) is 51.2 Å². The number of aliphatic carboxylic acids is 1. The summed E-state index contributed by atoms with van der Waals surface area (Å²) in [5, 5.41) is 14.1. The molecule has 0 saturated carbocycles. The number of carbonyl (C=O) groups is 4. The van der Waals surface area contributed by atoms with Crippen molar-refractivity contribution in [1.82, 2.24) is 15.5 Å². The molecule has 0 radical (unpaired) electrons. The zero-order valence-corrected chi connectivity index (χ0v) is 16.0. The van der Waals surface area contributed by atoms with Gasteiger partial charge in [-0.3, -0.25) is 14.4 Å².